The SMILES string of the molecule is O=C(NCc1nc(-c2ccccc2F)cs1)c1n[nH]c2c1CCC2. The Bertz CT molecular complexity index is 902. The van der Waals surface area contributed by atoms with Gasteiger partial charge in [0.05, 0.1) is 12.2 Å². The Morgan fingerprint density at radius 3 is 3.08 bits per heavy atom. The number of aromatic nitrogens is 3. The minimum Gasteiger partial charge on any atom is -0.344 e. The van der Waals surface area contributed by atoms with Gasteiger partial charge in [-0.05, 0) is 31.4 Å². The number of aromatic amines is 1. The van der Waals surface area contributed by atoms with Gasteiger partial charge in [0.25, 0.3) is 5.91 Å². The summed E-state index contributed by atoms with van der Waals surface area (Å²) < 4.78 is 13.8. The molecule has 3 aromatic rings. The van der Waals surface area contributed by atoms with E-state index < -0.39 is 0 Å². The lowest BCUT2D eigenvalue weighted by atomic mass is 10.2. The lowest BCUT2D eigenvalue weighted by molar-refractivity contribution is 0.0945. The van der Waals surface area contributed by atoms with Gasteiger partial charge in [-0.15, -0.1) is 11.3 Å². The average Bonchev–Trinajstić information content (AvgIpc) is 3.29. The summed E-state index contributed by atoms with van der Waals surface area (Å²) >= 11 is 1.40. The number of carbonyl (C=O) groups excluding carboxylic acids is 1. The monoisotopic (exact) mass is 342 g/mol. The van der Waals surface area contributed by atoms with Crippen molar-refractivity contribution in [2.45, 2.75) is 25.8 Å². The second kappa shape index (κ2) is 6.16. The van der Waals surface area contributed by atoms with Crippen molar-refractivity contribution in [2.75, 3.05) is 0 Å². The van der Waals surface area contributed by atoms with Crippen LogP contribution < -0.4 is 5.32 Å². The summed E-state index contributed by atoms with van der Waals surface area (Å²) in [6.07, 6.45) is 2.90. The van der Waals surface area contributed by atoms with Gasteiger partial charge in [-0.3, -0.25) is 9.89 Å². The number of rotatable bonds is 4. The average molecular weight is 342 g/mol. The summed E-state index contributed by atoms with van der Waals surface area (Å²) in [5.74, 6) is -0.498. The zero-order valence-electron chi connectivity index (χ0n) is 12.8. The van der Waals surface area contributed by atoms with Gasteiger partial charge in [0.1, 0.15) is 10.8 Å². The lowest BCUT2D eigenvalue weighted by Gasteiger charge is -2.02. The van der Waals surface area contributed by atoms with E-state index in [2.05, 4.69) is 20.5 Å². The molecule has 2 aromatic heterocycles. The molecule has 1 aliphatic rings. The molecule has 2 heterocycles. The Labute approximate surface area is 141 Å². The third-order valence-corrected chi connectivity index (χ3v) is 4.97. The Morgan fingerprint density at radius 2 is 2.21 bits per heavy atom. The molecule has 1 aromatic carbocycles. The molecule has 0 radical (unpaired) electrons. The molecule has 0 saturated heterocycles. The molecule has 1 amide bonds. The fraction of sp³-hybridized carbons (Fsp3) is 0.235. The van der Waals surface area contributed by atoms with Crippen LogP contribution in [0.3, 0.4) is 0 Å². The van der Waals surface area contributed by atoms with E-state index in [9.17, 15) is 9.18 Å². The number of fused-ring (bicyclic) bond motifs is 1. The summed E-state index contributed by atoms with van der Waals surface area (Å²) in [6.45, 7) is 0.305. The third-order valence-electron chi connectivity index (χ3n) is 4.12. The van der Waals surface area contributed by atoms with Gasteiger partial charge in [-0.1, -0.05) is 12.1 Å². The number of amides is 1. The van der Waals surface area contributed by atoms with Crippen LogP contribution in [0, 0.1) is 5.82 Å². The minimum atomic E-state index is -0.300. The predicted octanol–water partition coefficient (Wildman–Crippen LogP) is 3.09. The number of aryl methyl sites for hydroxylation is 1. The van der Waals surface area contributed by atoms with E-state index in [1.807, 2.05) is 0 Å². The number of nitrogens with zero attached hydrogens (tertiary/aromatic N) is 2. The Hall–Kier alpha value is -2.54. The first-order valence-electron chi connectivity index (χ1n) is 7.76. The summed E-state index contributed by atoms with van der Waals surface area (Å²) in [6, 6.07) is 6.53. The van der Waals surface area contributed by atoms with Crippen LogP contribution >= 0.6 is 11.3 Å². The van der Waals surface area contributed by atoms with Crippen LogP contribution in [-0.2, 0) is 19.4 Å². The molecule has 0 bridgehead atoms. The molecule has 0 fully saturated rings. The van der Waals surface area contributed by atoms with Crippen molar-refractivity contribution in [2.24, 2.45) is 0 Å². The lowest BCUT2D eigenvalue weighted by Crippen LogP contribution is -2.24. The van der Waals surface area contributed by atoms with Crippen molar-refractivity contribution in [3.05, 3.63) is 57.4 Å². The first-order chi connectivity index (χ1) is 11.7. The Kier molecular flexibility index (Phi) is 3.86. The van der Waals surface area contributed by atoms with Gasteiger partial charge in [0, 0.05) is 22.2 Å². The molecule has 0 unspecified atom stereocenters. The number of hydrogen-bond donors (Lipinski definition) is 2. The maximum absolute atomic E-state index is 13.8. The second-order valence-electron chi connectivity index (χ2n) is 5.67. The van der Waals surface area contributed by atoms with Crippen LogP contribution in [0.15, 0.2) is 29.6 Å². The highest BCUT2D eigenvalue weighted by Crippen LogP contribution is 2.25. The van der Waals surface area contributed by atoms with Crippen molar-refractivity contribution in [1.82, 2.24) is 20.5 Å². The predicted molar refractivity (Wildman–Crippen MR) is 89.3 cm³/mol. The quantitative estimate of drug-likeness (QED) is 0.765. The van der Waals surface area contributed by atoms with Gasteiger partial charge in [-0.2, -0.15) is 5.10 Å². The fourth-order valence-corrected chi connectivity index (χ4v) is 3.67. The van der Waals surface area contributed by atoms with E-state index in [0.29, 0.717) is 23.5 Å². The van der Waals surface area contributed by atoms with Gasteiger partial charge in [-0.25, -0.2) is 9.37 Å². The molecule has 4 rings (SSSR count). The maximum atomic E-state index is 13.8. The van der Waals surface area contributed by atoms with Crippen molar-refractivity contribution >= 4 is 17.2 Å². The van der Waals surface area contributed by atoms with E-state index in [1.165, 1.54) is 17.4 Å². The van der Waals surface area contributed by atoms with E-state index in [0.717, 1.165) is 35.5 Å². The van der Waals surface area contributed by atoms with Gasteiger partial charge < -0.3 is 5.32 Å². The molecule has 0 aliphatic heterocycles. The second-order valence-corrected chi connectivity index (χ2v) is 6.61. The van der Waals surface area contributed by atoms with Crippen molar-refractivity contribution < 1.29 is 9.18 Å². The van der Waals surface area contributed by atoms with Crippen LogP contribution in [0.1, 0.15) is 33.2 Å². The number of H-pyrrole nitrogens is 1. The highest BCUT2D eigenvalue weighted by Gasteiger charge is 2.23. The summed E-state index contributed by atoms with van der Waals surface area (Å²) in [5, 5.41) is 12.4. The van der Waals surface area contributed by atoms with Crippen LogP contribution in [0.5, 0.6) is 0 Å². The number of carbonyl (C=O) groups is 1. The number of halogens is 1. The molecule has 0 saturated carbocycles. The normalized spacial score (nSPS) is 13.0. The molecular formula is C17H15FN4OS. The van der Waals surface area contributed by atoms with Gasteiger partial charge in [0.15, 0.2) is 5.69 Å². The summed E-state index contributed by atoms with van der Waals surface area (Å²) in [5.41, 5.74) is 3.63. The molecule has 0 atom stereocenters. The molecular weight excluding hydrogens is 327 g/mol. The number of nitrogens with one attached hydrogen (secondary N) is 2. The van der Waals surface area contributed by atoms with E-state index >= 15 is 0 Å². The molecule has 2 N–H and O–H groups in total. The van der Waals surface area contributed by atoms with E-state index in [-0.39, 0.29) is 11.7 Å². The van der Waals surface area contributed by atoms with Crippen LogP contribution in [-0.4, -0.2) is 21.1 Å². The smallest absolute Gasteiger partial charge is 0.272 e. The van der Waals surface area contributed by atoms with Crippen molar-refractivity contribution in [1.29, 1.82) is 0 Å². The number of hydrogen-bond acceptors (Lipinski definition) is 4. The number of benzene rings is 1. The summed E-state index contributed by atoms with van der Waals surface area (Å²) in [4.78, 5) is 16.7. The van der Waals surface area contributed by atoms with Gasteiger partial charge >= 0.3 is 0 Å². The minimum absolute atomic E-state index is 0.197. The third kappa shape index (κ3) is 2.71. The topological polar surface area (TPSA) is 70.7 Å². The standard InChI is InChI=1S/C17H15FN4OS/c18-12-6-2-1-4-10(12)14-9-24-15(20-14)8-19-17(23)16-11-5-3-7-13(11)21-22-16/h1-2,4,6,9H,3,5,7-8H2,(H,19,23)(H,21,22). The zero-order valence-corrected chi connectivity index (χ0v) is 13.6. The molecule has 24 heavy (non-hydrogen) atoms. The Morgan fingerprint density at radius 1 is 1.33 bits per heavy atom. The molecule has 5 nitrogen and oxygen atoms in total. The van der Waals surface area contributed by atoms with Crippen molar-refractivity contribution in [3.63, 3.8) is 0 Å². The largest absolute Gasteiger partial charge is 0.344 e. The maximum Gasteiger partial charge on any atom is 0.272 e. The van der Waals surface area contributed by atoms with Crippen LogP contribution in [0.4, 0.5) is 4.39 Å². The van der Waals surface area contributed by atoms with Gasteiger partial charge in [0.2, 0.25) is 0 Å². The van der Waals surface area contributed by atoms with Crippen LogP contribution in [0.2, 0.25) is 0 Å². The highest BCUT2D eigenvalue weighted by molar-refractivity contribution is 7.09. The summed E-state index contributed by atoms with van der Waals surface area (Å²) in [7, 11) is 0. The van der Waals surface area contributed by atoms with Crippen LogP contribution in [0.25, 0.3) is 11.3 Å². The molecule has 122 valence electrons. The zero-order chi connectivity index (χ0) is 16.5. The van der Waals surface area contributed by atoms with Crippen molar-refractivity contribution in [3.8, 4) is 11.3 Å². The first-order valence-corrected chi connectivity index (χ1v) is 8.64. The molecule has 1 aliphatic carbocycles. The fourth-order valence-electron chi connectivity index (χ4n) is 2.93. The Balaban J connectivity index is 1.45. The molecule has 0 spiro atoms. The van der Waals surface area contributed by atoms with E-state index in [1.54, 1.807) is 23.6 Å². The first kappa shape index (κ1) is 15.0. The molecule has 7 heteroatoms. The van der Waals surface area contributed by atoms with E-state index in [4.69, 9.17) is 0 Å². The highest BCUT2D eigenvalue weighted by atomic mass is 32.1. The number of thiazole rings is 1.